The Labute approximate surface area is 62.6 Å². The Balaban J connectivity index is 0.000000162. The molecule has 0 radical (unpaired) electrons. The number of nitrogens with two attached hydrogens (primary N) is 1. The molecule has 0 fully saturated rings. The zero-order chi connectivity index (χ0) is 7.82. The van der Waals surface area contributed by atoms with Crippen LogP contribution in [0.3, 0.4) is 0 Å². The molecule has 6 nitrogen and oxygen atoms in total. The number of aromatic nitrogens is 4. The standard InChI is InChI=1S/C2H5NOS.CH2N4/c3-2(4)1-5;1-2-4-5-3-1/h5H,1H2,(H2,3,4);1H,(H,2,3,4,5). The lowest BCUT2D eigenvalue weighted by Crippen LogP contribution is -2.10. The summed E-state index contributed by atoms with van der Waals surface area (Å²) in [6, 6.07) is 0. The van der Waals surface area contributed by atoms with Crippen LogP contribution in [0.4, 0.5) is 0 Å². The number of primary amides is 1. The molecule has 0 aromatic carbocycles. The molecule has 0 unspecified atom stereocenters. The maximum Gasteiger partial charge on any atom is 0.227 e. The molecule has 1 heterocycles. The Kier molecular flexibility index (Phi) is 5.35. The van der Waals surface area contributed by atoms with Gasteiger partial charge in [-0.05, 0) is 0 Å². The first-order chi connectivity index (χ1) is 4.77. The van der Waals surface area contributed by atoms with E-state index < -0.39 is 0 Å². The van der Waals surface area contributed by atoms with Crippen molar-refractivity contribution in [3.05, 3.63) is 6.33 Å². The number of nitrogens with one attached hydrogen (secondary N) is 1. The van der Waals surface area contributed by atoms with Crippen LogP contribution >= 0.6 is 12.6 Å². The molecule has 3 N–H and O–H groups in total. The van der Waals surface area contributed by atoms with Crippen LogP contribution in [0.2, 0.25) is 0 Å². The lowest BCUT2D eigenvalue weighted by Gasteiger charge is -1.72. The largest absolute Gasteiger partial charge is 0.369 e. The quantitative estimate of drug-likeness (QED) is 0.441. The summed E-state index contributed by atoms with van der Waals surface area (Å²) >= 11 is 3.54. The van der Waals surface area contributed by atoms with Gasteiger partial charge in [0.05, 0.1) is 5.75 Å². The topological polar surface area (TPSA) is 97.5 Å². The number of H-pyrrole nitrogens is 1. The number of carbonyl (C=O) groups is 1. The lowest BCUT2D eigenvalue weighted by molar-refractivity contribution is -0.115. The molecule has 1 amide bonds. The van der Waals surface area contributed by atoms with Gasteiger partial charge in [0.1, 0.15) is 0 Å². The van der Waals surface area contributed by atoms with Gasteiger partial charge < -0.3 is 5.73 Å². The number of hydrogen-bond donors (Lipinski definition) is 3. The maximum absolute atomic E-state index is 9.51. The van der Waals surface area contributed by atoms with E-state index in [0.29, 0.717) is 0 Å². The van der Waals surface area contributed by atoms with E-state index in [0.717, 1.165) is 0 Å². The van der Waals surface area contributed by atoms with Gasteiger partial charge >= 0.3 is 0 Å². The summed E-state index contributed by atoms with van der Waals surface area (Å²) in [5, 5.41) is 12.2. The third-order valence-electron chi connectivity index (χ3n) is 0.425. The summed E-state index contributed by atoms with van der Waals surface area (Å²) in [7, 11) is 0. The summed E-state index contributed by atoms with van der Waals surface area (Å²) in [5.41, 5.74) is 4.58. The highest BCUT2D eigenvalue weighted by Crippen LogP contribution is 1.63. The third-order valence-corrected chi connectivity index (χ3v) is 0.737. The number of rotatable bonds is 1. The summed E-state index contributed by atoms with van der Waals surface area (Å²) in [5.74, 6) is -0.242. The van der Waals surface area contributed by atoms with Gasteiger partial charge in [0.25, 0.3) is 0 Å². The highest BCUT2D eigenvalue weighted by Gasteiger charge is 1.78. The van der Waals surface area contributed by atoms with Crippen molar-refractivity contribution in [3.63, 3.8) is 0 Å². The van der Waals surface area contributed by atoms with Crippen LogP contribution in [0.5, 0.6) is 0 Å². The highest BCUT2D eigenvalue weighted by molar-refractivity contribution is 7.81. The average Bonchev–Trinajstić information content (AvgIpc) is 2.43. The van der Waals surface area contributed by atoms with Crippen molar-refractivity contribution < 1.29 is 4.79 Å². The van der Waals surface area contributed by atoms with Gasteiger partial charge in [-0.2, -0.15) is 17.8 Å². The molecule has 56 valence electrons. The fourth-order valence-electron chi connectivity index (χ4n) is 0.129. The molecule has 1 aromatic rings. The normalized spacial score (nSPS) is 7.70. The predicted molar refractivity (Wildman–Crippen MR) is 37.2 cm³/mol. The fourth-order valence-corrected chi connectivity index (χ4v) is 0.129. The first kappa shape index (κ1) is 8.89. The van der Waals surface area contributed by atoms with E-state index in [4.69, 9.17) is 0 Å². The smallest absolute Gasteiger partial charge is 0.227 e. The van der Waals surface area contributed by atoms with Gasteiger partial charge in [0.2, 0.25) is 5.91 Å². The minimum Gasteiger partial charge on any atom is -0.369 e. The van der Waals surface area contributed by atoms with Crippen molar-refractivity contribution in [1.29, 1.82) is 0 Å². The van der Waals surface area contributed by atoms with Crippen molar-refractivity contribution in [1.82, 2.24) is 20.6 Å². The third kappa shape index (κ3) is 6.89. The first-order valence-corrected chi connectivity index (χ1v) is 2.96. The summed E-state index contributed by atoms with van der Waals surface area (Å²) < 4.78 is 0. The minimum atomic E-state index is -0.381. The van der Waals surface area contributed by atoms with Crippen LogP contribution in [-0.4, -0.2) is 32.3 Å². The minimum absolute atomic E-state index is 0.139. The molecule has 0 saturated carbocycles. The summed E-state index contributed by atoms with van der Waals surface area (Å²) in [6.45, 7) is 0. The number of thiol groups is 1. The Morgan fingerprint density at radius 2 is 2.40 bits per heavy atom. The van der Waals surface area contributed by atoms with E-state index in [1.807, 2.05) is 0 Å². The highest BCUT2D eigenvalue weighted by atomic mass is 32.1. The Hall–Kier alpha value is -1.11. The van der Waals surface area contributed by atoms with Gasteiger partial charge in [-0.15, -0.1) is 10.2 Å². The van der Waals surface area contributed by atoms with Gasteiger partial charge in [-0.3, -0.25) is 4.79 Å². The number of nitrogens with zero attached hydrogens (tertiary/aromatic N) is 3. The van der Waals surface area contributed by atoms with Gasteiger partial charge in [-0.25, -0.2) is 0 Å². The van der Waals surface area contributed by atoms with Crippen molar-refractivity contribution in [2.45, 2.75) is 0 Å². The van der Waals surface area contributed by atoms with E-state index in [1.165, 1.54) is 6.33 Å². The Morgan fingerprint density at radius 3 is 2.50 bits per heavy atom. The summed E-state index contributed by atoms with van der Waals surface area (Å²) in [4.78, 5) is 9.51. The van der Waals surface area contributed by atoms with E-state index in [1.54, 1.807) is 0 Å². The van der Waals surface area contributed by atoms with Crippen LogP contribution in [0.25, 0.3) is 0 Å². The molecular formula is C3H7N5OS. The molecule has 7 heteroatoms. The molecule has 1 aromatic heterocycles. The molecule has 0 aliphatic heterocycles. The monoisotopic (exact) mass is 161 g/mol. The SMILES string of the molecule is NC(=O)CS.c1nn[nH]n1. The Bertz CT molecular complexity index is 146. The molecule has 0 aliphatic carbocycles. The fraction of sp³-hybridized carbons (Fsp3) is 0.333. The van der Waals surface area contributed by atoms with Crippen LogP contribution < -0.4 is 5.73 Å². The second kappa shape index (κ2) is 6.02. The molecule has 0 atom stereocenters. The molecule has 1 rings (SSSR count). The second-order valence-corrected chi connectivity index (χ2v) is 1.50. The van der Waals surface area contributed by atoms with E-state index in [9.17, 15) is 4.79 Å². The number of amides is 1. The van der Waals surface area contributed by atoms with Gasteiger partial charge in [-0.1, -0.05) is 5.21 Å². The number of carbonyl (C=O) groups excluding carboxylic acids is 1. The zero-order valence-corrected chi connectivity index (χ0v) is 5.95. The van der Waals surface area contributed by atoms with Gasteiger partial charge in [0.15, 0.2) is 6.33 Å². The number of hydrogen-bond acceptors (Lipinski definition) is 5. The molecule has 10 heavy (non-hydrogen) atoms. The molecule has 0 spiro atoms. The van der Waals surface area contributed by atoms with Crippen LogP contribution in [0.1, 0.15) is 0 Å². The van der Waals surface area contributed by atoms with E-state index in [-0.39, 0.29) is 11.7 Å². The van der Waals surface area contributed by atoms with Crippen molar-refractivity contribution in [2.24, 2.45) is 5.73 Å². The van der Waals surface area contributed by atoms with Crippen LogP contribution in [-0.2, 0) is 4.79 Å². The van der Waals surface area contributed by atoms with Gasteiger partial charge in [0, 0.05) is 0 Å². The van der Waals surface area contributed by atoms with Crippen molar-refractivity contribution >= 4 is 18.5 Å². The maximum atomic E-state index is 9.51. The second-order valence-electron chi connectivity index (χ2n) is 1.18. The molecule has 0 bridgehead atoms. The Morgan fingerprint density at radius 1 is 1.80 bits per heavy atom. The molecule has 0 saturated heterocycles. The molecule has 0 aliphatic rings. The summed E-state index contributed by atoms with van der Waals surface area (Å²) in [6.07, 6.45) is 1.33. The lowest BCUT2D eigenvalue weighted by atomic mass is 10.8. The first-order valence-electron chi connectivity index (χ1n) is 2.33. The van der Waals surface area contributed by atoms with Crippen molar-refractivity contribution in [3.8, 4) is 0 Å². The van der Waals surface area contributed by atoms with Crippen LogP contribution in [0.15, 0.2) is 6.33 Å². The predicted octanol–water partition coefficient (Wildman–Crippen LogP) is -1.40. The zero-order valence-electron chi connectivity index (χ0n) is 5.06. The van der Waals surface area contributed by atoms with E-state index >= 15 is 0 Å². The van der Waals surface area contributed by atoms with Crippen molar-refractivity contribution in [2.75, 3.05) is 5.75 Å². The number of aromatic amines is 1. The molecular weight excluding hydrogens is 154 g/mol. The average molecular weight is 161 g/mol. The van der Waals surface area contributed by atoms with E-state index in [2.05, 4.69) is 39.0 Å². The van der Waals surface area contributed by atoms with Crippen LogP contribution in [0, 0.1) is 0 Å². The number of tetrazole rings is 1.